The number of ketones is 1. The molecule has 3 heteroatoms. The number of halogens is 1. The van der Waals surface area contributed by atoms with Gasteiger partial charge in [-0.1, -0.05) is 26.7 Å². The maximum atomic E-state index is 13.1. The Hall–Kier alpha value is -1.38. The molecule has 0 bridgehead atoms. The summed E-state index contributed by atoms with van der Waals surface area (Å²) in [7, 11) is 1.46. The zero-order valence-corrected chi connectivity index (χ0v) is 11.3. The zero-order valence-electron chi connectivity index (χ0n) is 11.3. The summed E-state index contributed by atoms with van der Waals surface area (Å²) >= 11 is 0. The molecule has 0 radical (unpaired) electrons. The fourth-order valence-corrected chi connectivity index (χ4v) is 2.19. The molecule has 0 aliphatic rings. The standard InChI is InChI=1S/C15H21FO2/c1-4-6-11(7-5-2)15(17)13-9-8-12(16)10-14(13)18-3/h8-11H,4-7H2,1-3H3. The van der Waals surface area contributed by atoms with E-state index in [0.717, 1.165) is 25.7 Å². The molecule has 0 saturated carbocycles. The molecule has 1 rings (SSSR count). The lowest BCUT2D eigenvalue weighted by molar-refractivity contribution is 0.0901. The maximum Gasteiger partial charge on any atom is 0.169 e. The van der Waals surface area contributed by atoms with Crippen molar-refractivity contribution < 1.29 is 13.9 Å². The van der Waals surface area contributed by atoms with E-state index in [9.17, 15) is 9.18 Å². The molecule has 0 spiro atoms. The van der Waals surface area contributed by atoms with E-state index in [1.165, 1.54) is 25.3 Å². The van der Waals surface area contributed by atoms with Crippen LogP contribution in [0.1, 0.15) is 49.9 Å². The largest absolute Gasteiger partial charge is 0.496 e. The van der Waals surface area contributed by atoms with E-state index < -0.39 is 0 Å². The minimum Gasteiger partial charge on any atom is -0.496 e. The van der Waals surface area contributed by atoms with E-state index in [1.54, 1.807) is 0 Å². The van der Waals surface area contributed by atoms with Gasteiger partial charge in [-0.2, -0.15) is 0 Å². The minimum atomic E-state index is -0.383. The Balaban J connectivity index is 3.00. The van der Waals surface area contributed by atoms with Gasteiger partial charge in [-0.15, -0.1) is 0 Å². The lowest BCUT2D eigenvalue weighted by Crippen LogP contribution is -2.15. The maximum absolute atomic E-state index is 13.1. The summed E-state index contributed by atoms with van der Waals surface area (Å²) < 4.78 is 18.2. The van der Waals surface area contributed by atoms with Gasteiger partial charge in [0.05, 0.1) is 12.7 Å². The summed E-state index contributed by atoms with van der Waals surface area (Å²) in [6, 6.07) is 4.10. The average molecular weight is 252 g/mol. The van der Waals surface area contributed by atoms with Gasteiger partial charge in [-0.3, -0.25) is 4.79 Å². The second-order valence-electron chi connectivity index (χ2n) is 4.48. The van der Waals surface area contributed by atoms with E-state index in [-0.39, 0.29) is 17.5 Å². The Bertz CT molecular complexity index is 395. The van der Waals surface area contributed by atoms with E-state index in [0.29, 0.717) is 11.3 Å². The van der Waals surface area contributed by atoms with Crippen LogP contribution in [-0.2, 0) is 0 Å². The lowest BCUT2D eigenvalue weighted by atomic mass is 9.89. The predicted molar refractivity (Wildman–Crippen MR) is 70.6 cm³/mol. The first-order valence-electron chi connectivity index (χ1n) is 6.51. The first-order valence-corrected chi connectivity index (χ1v) is 6.51. The van der Waals surface area contributed by atoms with Crippen molar-refractivity contribution in [3.63, 3.8) is 0 Å². The van der Waals surface area contributed by atoms with Crippen LogP contribution >= 0.6 is 0 Å². The van der Waals surface area contributed by atoms with Crippen LogP contribution in [-0.4, -0.2) is 12.9 Å². The van der Waals surface area contributed by atoms with Crippen molar-refractivity contribution in [2.45, 2.75) is 39.5 Å². The highest BCUT2D eigenvalue weighted by molar-refractivity contribution is 6.00. The molecule has 0 aliphatic heterocycles. The summed E-state index contributed by atoms with van der Waals surface area (Å²) in [5, 5.41) is 0. The number of rotatable bonds is 7. The second-order valence-corrected chi connectivity index (χ2v) is 4.48. The van der Waals surface area contributed by atoms with Crippen LogP contribution in [0.3, 0.4) is 0 Å². The van der Waals surface area contributed by atoms with Crippen LogP contribution in [0, 0.1) is 11.7 Å². The predicted octanol–water partition coefficient (Wildman–Crippen LogP) is 4.23. The highest BCUT2D eigenvalue weighted by atomic mass is 19.1. The van der Waals surface area contributed by atoms with Crippen molar-refractivity contribution in [1.82, 2.24) is 0 Å². The van der Waals surface area contributed by atoms with E-state index in [2.05, 4.69) is 13.8 Å². The summed E-state index contributed by atoms with van der Waals surface area (Å²) in [4.78, 5) is 12.4. The van der Waals surface area contributed by atoms with Crippen molar-refractivity contribution in [2.75, 3.05) is 7.11 Å². The van der Waals surface area contributed by atoms with Crippen molar-refractivity contribution in [3.8, 4) is 5.75 Å². The molecule has 1 aromatic rings. The van der Waals surface area contributed by atoms with Crippen LogP contribution in [0.25, 0.3) is 0 Å². The van der Waals surface area contributed by atoms with Crippen LogP contribution in [0.15, 0.2) is 18.2 Å². The molecule has 0 fully saturated rings. The lowest BCUT2D eigenvalue weighted by Gasteiger charge is -2.16. The van der Waals surface area contributed by atoms with Crippen molar-refractivity contribution >= 4 is 5.78 Å². The summed E-state index contributed by atoms with van der Waals surface area (Å²) in [5.41, 5.74) is 0.491. The van der Waals surface area contributed by atoms with Crippen molar-refractivity contribution in [1.29, 1.82) is 0 Å². The Morgan fingerprint density at radius 2 is 1.89 bits per heavy atom. The molecule has 0 aromatic heterocycles. The van der Waals surface area contributed by atoms with Gasteiger partial charge in [0.2, 0.25) is 0 Å². The Labute approximate surface area is 108 Å². The summed E-state index contributed by atoms with van der Waals surface area (Å²) in [6.45, 7) is 4.13. The van der Waals surface area contributed by atoms with Gasteiger partial charge in [0.1, 0.15) is 11.6 Å². The topological polar surface area (TPSA) is 26.3 Å². The molecule has 2 nitrogen and oxygen atoms in total. The van der Waals surface area contributed by atoms with Crippen molar-refractivity contribution in [2.24, 2.45) is 5.92 Å². The Kier molecular flexibility index (Phi) is 5.83. The minimum absolute atomic E-state index is 0.0133. The quantitative estimate of drug-likeness (QED) is 0.679. The fourth-order valence-electron chi connectivity index (χ4n) is 2.19. The molecule has 0 aliphatic carbocycles. The first kappa shape index (κ1) is 14.7. The van der Waals surface area contributed by atoms with Gasteiger partial charge in [-0.05, 0) is 25.0 Å². The number of hydrogen-bond acceptors (Lipinski definition) is 2. The van der Waals surface area contributed by atoms with E-state index in [4.69, 9.17) is 4.74 Å². The Morgan fingerprint density at radius 1 is 1.28 bits per heavy atom. The molecule has 100 valence electrons. The molecule has 0 amide bonds. The molecule has 0 atom stereocenters. The number of methoxy groups -OCH3 is 1. The monoisotopic (exact) mass is 252 g/mol. The third-order valence-electron chi connectivity index (χ3n) is 3.07. The number of ether oxygens (including phenoxy) is 1. The molecule has 0 heterocycles. The zero-order chi connectivity index (χ0) is 13.5. The first-order chi connectivity index (χ1) is 8.63. The number of Topliss-reactive ketones (excluding diaryl/α,β-unsaturated/α-hetero) is 1. The van der Waals surface area contributed by atoms with Crippen LogP contribution in [0.5, 0.6) is 5.75 Å². The number of hydrogen-bond donors (Lipinski definition) is 0. The number of benzene rings is 1. The van der Waals surface area contributed by atoms with Gasteiger partial charge >= 0.3 is 0 Å². The molecular weight excluding hydrogens is 231 g/mol. The smallest absolute Gasteiger partial charge is 0.169 e. The third kappa shape index (κ3) is 3.56. The van der Waals surface area contributed by atoms with Gasteiger partial charge < -0.3 is 4.74 Å². The normalized spacial score (nSPS) is 10.7. The molecule has 0 unspecified atom stereocenters. The number of carbonyl (C=O) groups is 1. The second kappa shape index (κ2) is 7.14. The van der Waals surface area contributed by atoms with E-state index in [1.807, 2.05) is 0 Å². The van der Waals surface area contributed by atoms with Crippen LogP contribution in [0.2, 0.25) is 0 Å². The van der Waals surface area contributed by atoms with E-state index >= 15 is 0 Å². The number of carbonyl (C=O) groups excluding carboxylic acids is 1. The molecule has 0 saturated heterocycles. The average Bonchev–Trinajstić information content (AvgIpc) is 2.37. The highest BCUT2D eigenvalue weighted by Gasteiger charge is 2.21. The molecule has 18 heavy (non-hydrogen) atoms. The van der Waals surface area contributed by atoms with Crippen LogP contribution < -0.4 is 4.74 Å². The Morgan fingerprint density at radius 3 is 2.39 bits per heavy atom. The van der Waals surface area contributed by atoms with Gasteiger partial charge in [-0.25, -0.2) is 4.39 Å². The van der Waals surface area contributed by atoms with Crippen molar-refractivity contribution in [3.05, 3.63) is 29.6 Å². The summed E-state index contributed by atoms with van der Waals surface area (Å²) in [6.07, 6.45) is 3.68. The highest BCUT2D eigenvalue weighted by Crippen LogP contribution is 2.26. The van der Waals surface area contributed by atoms with Gasteiger partial charge in [0.25, 0.3) is 0 Å². The van der Waals surface area contributed by atoms with Crippen LogP contribution in [0.4, 0.5) is 4.39 Å². The van der Waals surface area contributed by atoms with Gasteiger partial charge in [0.15, 0.2) is 5.78 Å². The summed E-state index contributed by atoms with van der Waals surface area (Å²) in [5.74, 6) is 0.0260. The third-order valence-corrected chi connectivity index (χ3v) is 3.07. The van der Waals surface area contributed by atoms with Gasteiger partial charge in [0, 0.05) is 12.0 Å². The molecule has 1 aromatic carbocycles. The molecule has 0 N–H and O–H groups in total. The molecular formula is C15H21FO2. The fraction of sp³-hybridized carbons (Fsp3) is 0.533. The SMILES string of the molecule is CCCC(CCC)C(=O)c1ccc(F)cc1OC.